The first kappa shape index (κ1) is 22.9. The number of rotatable bonds is 6. The Bertz CT molecular complexity index is 1230. The number of aromatic nitrogens is 1. The lowest BCUT2D eigenvalue weighted by Gasteiger charge is -2.30. The SMILES string of the molecule is COc1ccc(C)cc1-c1csc(NC(=O)C2CCCN(S(=O)(=O)c3ccc(C)s3)C2)n1. The third-order valence-electron chi connectivity index (χ3n) is 5.43. The van der Waals surface area contributed by atoms with Gasteiger partial charge >= 0.3 is 0 Å². The Kier molecular flexibility index (Phi) is 6.66. The molecule has 10 heteroatoms. The molecule has 1 aromatic carbocycles. The quantitative estimate of drug-likeness (QED) is 0.547. The van der Waals surface area contributed by atoms with Crippen molar-refractivity contribution in [2.24, 2.45) is 5.92 Å². The minimum Gasteiger partial charge on any atom is -0.496 e. The van der Waals surface area contributed by atoms with Crippen LogP contribution >= 0.6 is 22.7 Å². The first-order chi connectivity index (χ1) is 15.3. The molecule has 0 aliphatic carbocycles. The molecule has 1 amide bonds. The van der Waals surface area contributed by atoms with E-state index in [1.165, 1.54) is 27.0 Å². The maximum atomic E-state index is 13.0. The molecule has 1 aliphatic heterocycles. The highest BCUT2D eigenvalue weighted by atomic mass is 32.2. The first-order valence-electron chi connectivity index (χ1n) is 10.3. The molecule has 1 saturated heterocycles. The number of hydrogen-bond acceptors (Lipinski definition) is 7. The highest BCUT2D eigenvalue weighted by Crippen LogP contribution is 2.34. The Hall–Kier alpha value is -2.27. The molecule has 1 atom stereocenters. The molecular weight excluding hydrogens is 466 g/mol. The van der Waals surface area contributed by atoms with Crippen molar-refractivity contribution in [3.8, 4) is 17.0 Å². The lowest BCUT2D eigenvalue weighted by atomic mass is 9.99. The standard InChI is InChI=1S/C22H25N3O4S3/c1-14-6-8-19(29-3)17(11-14)18-13-30-22(23-18)24-21(26)16-5-4-10-25(12-16)32(27,28)20-9-7-15(2)31-20/h6-9,11,13,16H,4-5,10,12H2,1-3H3,(H,23,24,26). The Morgan fingerprint density at radius 1 is 1.25 bits per heavy atom. The van der Waals surface area contributed by atoms with Gasteiger partial charge in [-0.3, -0.25) is 4.79 Å². The zero-order valence-corrected chi connectivity index (χ0v) is 20.6. The second kappa shape index (κ2) is 9.30. The van der Waals surface area contributed by atoms with E-state index in [-0.39, 0.29) is 12.5 Å². The number of anilines is 1. The van der Waals surface area contributed by atoms with Crippen molar-refractivity contribution < 1.29 is 17.9 Å². The van der Waals surface area contributed by atoms with E-state index in [1.807, 2.05) is 37.4 Å². The van der Waals surface area contributed by atoms with Crippen LogP contribution in [0.15, 0.2) is 39.9 Å². The van der Waals surface area contributed by atoms with Crippen LogP contribution in [0, 0.1) is 19.8 Å². The summed E-state index contributed by atoms with van der Waals surface area (Å²) in [6, 6.07) is 9.30. The normalized spacial score (nSPS) is 17.3. The molecule has 0 saturated carbocycles. The number of amides is 1. The zero-order chi connectivity index (χ0) is 22.9. The van der Waals surface area contributed by atoms with Crippen molar-refractivity contribution in [1.82, 2.24) is 9.29 Å². The number of nitrogens with one attached hydrogen (secondary N) is 1. The number of benzene rings is 1. The van der Waals surface area contributed by atoms with E-state index < -0.39 is 15.9 Å². The van der Waals surface area contributed by atoms with Crippen LogP contribution in [0.25, 0.3) is 11.3 Å². The van der Waals surface area contributed by atoms with E-state index in [0.29, 0.717) is 28.7 Å². The first-order valence-corrected chi connectivity index (χ1v) is 13.4. The topological polar surface area (TPSA) is 88.6 Å². The summed E-state index contributed by atoms with van der Waals surface area (Å²) >= 11 is 2.60. The number of nitrogens with zero attached hydrogens (tertiary/aromatic N) is 2. The number of ether oxygens (including phenoxy) is 1. The van der Waals surface area contributed by atoms with Crippen molar-refractivity contribution in [2.45, 2.75) is 30.9 Å². The second-order valence-electron chi connectivity index (χ2n) is 7.80. The van der Waals surface area contributed by atoms with Gasteiger partial charge in [0.05, 0.1) is 18.7 Å². The number of thiophene rings is 1. The lowest BCUT2D eigenvalue weighted by molar-refractivity contribution is -0.120. The van der Waals surface area contributed by atoms with Crippen molar-refractivity contribution in [3.05, 3.63) is 46.2 Å². The summed E-state index contributed by atoms with van der Waals surface area (Å²) in [6.45, 7) is 4.48. The fourth-order valence-electron chi connectivity index (χ4n) is 3.74. The fraction of sp³-hybridized carbons (Fsp3) is 0.364. The Morgan fingerprint density at radius 2 is 2.06 bits per heavy atom. The molecule has 3 heterocycles. The summed E-state index contributed by atoms with van der Waals surface area (Å²) < 4.78 is 33.1. The third-order valence-corrected chi connectivity index (χ3v) is 9.52. The summed E-state index contributed by atoms with van der Waals surface area (Å²) in [4.78, 5) is 18.4. The van der Waals surface area contributed by atoms with Crippen molar-refractivity contribution in [3.63, 3.8) is 0 Å². The zero-order valence-electron chi connectivity index (χ0n) is 18.1. The predicted molar refractivity (Wildman–Crippen MR) is 128 cm³/mol. The molecule has 170 valence electrons. The monoisotopic (exact) mass is 491 g/mol. The number of carbonyl (C=O) groups is 1. The molecule has 1 fully saturated rings. The maximum Gasteiger partial charge on any atom is 0.252 e. The van der Waals surface area contributed by atoms with Gasteiger partial charge in [0.2, 0.25) is 5.91 Å². The van der Waals surface area contributed by atoms with E-state index >= 15 is 0 Å². The molecule has 4 rings (SSSR count). The average Bonchev–Trinajstić information content (AvgIpc) is 3.43. The molecule has 1 aliphatic rings. The maximum absolute atomic E-state index is 13.0. The molecule has 0 radical (unpaired) electrons. The van der Waals surface area contributed by atoms with E-state index in [1.54, 1.807) is 19.2 Å². The molecule has 1 unspecified atom stereocenters. The van der Waals surface area contributed by atoms with Crippen molar-refractivity contribution in [2.75, 3.05) is 25.5 Å². The highest BCUT2D eigenvalue weighted by molar-refractivity contribution is 7.91. The Balaban J connectivity index is 1.46. The molecule has 3 aromatic rings. The van der Waals surface area contributed by atoms with Crippen molar-refractivity contribution in [1.29, 1.82) is 0 Å². The van der Waals surface area contributed by atoms with E-state index in [9.17, 15) is 13.2 Å². The van der Waals surface area contributed by atoms with Crippen molar-refractivity contribution >= 4 is 43.7 Å². The summed E-state index contributed by atoms with van der Waals surface area (Å²) in [5.41, 5.74) is 2.68. The number of sulfonamides is 1. The van der Waals surface area contributed by atoms with E-state index in [4.69, 9.17) is 4.74 Å². The van der Waals surface area contributed by atoms with Gasteiger partial charge in [-0.1, -0.05) is 11.6 Å². The van der Waals surface area contributed by atoms with Crippen LogP contribution in [-0.2, 0) is 14.8 Å². The van der Waals surface area contributed by atoms with E-state index in [2.05, 4.69) is 10.3 Å². The molecule has 2 aromatic heterocycles. The number of methoxy groups -OCH3 is 1. The highest BCUT2D eigenvalue weighted by Gasteiger charge is 2.34. The van der Waals surface area contributed by atoms with E-state index in [0.717, 1.165) is 27.4 Å². The molecule has 0 spiro atoms. The van der Waals surface area contributed by atoms with Crippen LogP contribution in [0.2, 0.25) is 0 Å². The Morgan fingerprint density at radius 3 is 2.78 bits per heavy atom. The largest absolute Gasteiger partial charge is 0.496 e. The average molecular weight is 492 g/mol. The number of thiazole rings is 1. The van der Waals surface area contributed by atoms with Crippen LogP contribution in [-0.4, -0.2) is 43.8 Å². The fourth-order valence-corrected chi connectivity index (χ4v) is 7.41. The number of aryl methyl sites for hydroxylation is 2. The second-order valence-corrected chi connectivity index (χ2v) is 12.1. The van der Waals surface area contributed by atoms with Crippen LogP contribution < -0.4 is 10.1 Å². The minimum absolute atomic E-state index is 0.176. The van der Waals surface area contributed by atoms with Gasteiger partial charge in [-0.05, 0) is 51.0 Å². The smallest absolute Gasteiger partial charge is 0.252 e. The summed E-state index contributed by atoms with van der Waals surface area (Å²) in [7, 11) is -1.96. The Labute approximate surface area is 196 Å². The van der Waals surface area contributed by atoms with Gasteiger partial charge in [0, 0.05) is 28.9 Å². The van der Waals surface area contributed by atoms with Gasteiger partial charge in [-0.25, -0.2) is 13.4 Å². The van der Waals surface area contributed by atoms with Crippen LogP contribution in [0.5, 0.6) is 5.75 Å². The molecular formula is C22H25N3O4S3. The van der Waals surface area contributed by atoms with Gasteiger partial charge in [0.1, 0.15) is 9.96 Å². The summed E-state index contributed by atoms with van der Waals surface area (Å²) in [5, 5.41) is 5.25. The minimum atomic E-state index is -3.58. The van der Waals surface area contributed by atoms with Crippen LogP contribution in [0.1, 0.15) is 23.3 Å². The lowest BCUT2D eigenvalue weighted by Crippen LogP contribution is -2.43. The predicted octanol–water partition coefficient (Wildman–Crippen LogP) is 4.54. The third kappa shape index (κ3) is 4.73. The molecule has 7 nitrogen and oxygen atoms in total. The molecule has 0 bridgehead atoms. The molecule has 32 heavy (non-hydrogen) atoms. The van der Waals surface area contributed by atoms with Gasteiger partial charge < -0.3 is 10.1 Å². The van der Waals surface area contributed by atoms with Crippen LogP contribution in [0.3, 0.4) is 0 Å². The van der Waals surface area contributed by atoms with Gasteiger partial charge in [-0.2, -0.15) is 4.31 Å². The summed E-state index contributed by atoms with van der Waals surface area (Å²) in [6.07, 6.45) is 1.29. The molecule has 1 N–H and O–H groups in total. The van der Waals surface area contributed by atoms with Gasteiger partial charge in [0.15, 0.2) is 5.13 Å². The van der Waals surface area contributed by atoms with Gasteiger partial charge in [0.25, 0.3) is 10.0 Å². The van der Waals surface area contributed by atoms with Crippen LogP contribution in [0.4, 0.5) is 5.13 Å². The summed E-state index contributed by atoms with van der Waals surface area (Å²) in [5.74, 6) is 0.0977. The number of piperidine rings is 1. The number of carbonyl (C=O) groups excluding carboxylic acids is 1. The number of hydrogen-bond donors (Lipinski definition) is 1. The van der Waals surface area contributed by atoms with Gasteiger partial charge in [-0.15, -0.1) is 22.7 Å².